The molecule has 0 aliphatic carbocycles. The Morgan fingerprint density at radius 1 is 1.03 bits per heavy atom. The van der Waals surface area contributed by atoms with E-state index in [2.05, 4.69) is 10.5 Å². The Morgan fingerprint density at radius 2 is 1.83 bits per heavy atom. The van der Waals surface area contributed by atoms with Crippen molar-refractivity contribution < 1.29 is 23.3 Å². The number of carbonyl (C=O) groups is 2. The molecule has 0 saturated heterocycles. The van der Waals surface area contributed by atoms with Crippen molar-refractivity contribution >= 4 is 39.9 Å². The van der Waals surface area contributed by atoms with E-state index in [4.69, 9.17) is 25.3 Å². The van der Waals surface area contributed by atoms with Crippen LogP contribution in [0.1, 0.15) is 39.1 Å². The van der Waals surface area contributed by atoms with E-state index in [0.717, 1.165) is 23.3 Å². The Bertz CT molecular complexity index is 1630. The maximum absolute atomic E-state index is 13.2. The third kappa shape index (κ3) is 3.93. The number of nitrogens with zero attached hydrogens (tertiary/aromatic N) is 1. The van der Waals surface area contributed by atoms with Gasteiger partial charge in [0.15, 0.2) is 17.2 Å². The first-order valence-electron chi connectivity index (χ1n) is 11.4. The number of nitrogens with one attached hydrogen (secondary N) is 1. The van der Waals surface area contributed by atoms with Crippen LogP contribution in [0.25, 0.3) is 22.3 Å². The fraction of sp³-hybridized carbons (Fsp3) is 0.107. The van der Waals surface area contributed by atoms with Gasteiger partial charge in [-0.2, -0.15) is 0 Å². The molecule has 36 heavy (non-hydrogen) atoms. The molecule has 0 radical (unpaired) electrons. The van der Waals surface area contributed by atoms with E-state index >= 15 is 0 Å². The van der Waals surface area contributed by atoms with Crippen LogP contribution in [0.15, 0.2) is 81.7 Å². The number of carbonyl (C=O) groups excluding carboxylic acids is 2. The summed E-state index contributed by atoms with van der Waals surface area (Å²) in [5.41, 5.74) is 3.07. The van der Waals surface area contributed by atoms with E-state index in [1.807, 2.05) is 25.1 Å². The van der Waals surface area contributed by atoms with Gasteiger partial charge < -0.3 is 19.0 Å². The van der Waals surface area contributed by atoms with Crippen LogP contribution < -0.4 is 10.1 Å². The predicted molar refractivity (Wildman–Crippen MR) is 135 cm³/mol. The fourth-order valence-electron chi connectivity index (χ4n) is 4.33. The highest BCUT2D eigenvalue weighted by atomic mass is 35.5. The van der Waals surface area contributed by atoms with Crippen molar-refractivity contribution in [2.45, 2.75) is 19.4 Å². The van der Waals surface area contributed by atoms with Crippen LogP contribution in [-0.2, 0) is 6.42 Å². The van der Waals surface area contributed by atoms with Gasteiger partial charge >= 0.3 is 0 Å². The average molecular weight is 499 g/mol. The van der Waals surface area contributed by atoms with Crippen molar-refractivity contribution in [2.24, 2.45) is 0 Å². The summed E-state index contributed by atoms with van der Waals surface area (Å²) in [6, 6.07) is 20.9. The standard InChI is InChI=1S/C28H19ClN2O5/c1-15-12-18-13-17(8-11-22(18)34-15)24-14-21(31-36-24)28(33)30-25-20-4-2-3-5-23(20)35-27(25)26(32)16-6-9-19(29)10-7-16/h2-11,13-15H,12H2,1H3,(H,30,33)/t15-/m0/s1. The van der Waals surface area contributed by atoms with Gasteiger partial charge in [0.25, 0.3) is 5.91 Å². The van der Waals surface area contributed by atoms with Crippen molar-refractivity contribution in [1.82, 2.24) is 5.16 Å². The molecular formula is C28H19ClN2O5. The molecule has 0 saturated carbocycles. The lowest BCUT2D eigenvalue weighted by molar-refractivity contribution is 0.101. The van der Waals surface area contributed by atoms with E-state index in [1.165, 1.54) is 0 Å². The van der Waals surface area contributed by atoms with Crippen molar-refractivity contribution in [3.63, 3.8) is 0 Å². The molecule has 1 N–H and O–H groups in total. The zero-order chi connectivity index (χ0) is 24.8. The van der Waals surface area contributed by atoms with Crippen LogP contribution >= 0.6 is 11.6 Å². The lowest BCUT2D eigenvalue weighted by Gasteiger charge is -2.04. The van der Waals surface area contributed by atoms with Crippen LogP contribution in [-0.4, -0.2) is 23.0 Å². The normalized spacial score (nSPS) is 14.4. The van der Waals surface area contributed by atoms with Crippen LogP contribution in [0.2, 0.25) is 5.02 Å². The molecule has 0 unspecified atom stereocenters. The van der Waals surface area contributed by atoms with Gasteiger partial charge in [0, 0.05) is 34.0 Å². The highest BCUT2D eigenvalue weighted by Gasteiger charge is 2.25. The number of hydrogen-bond donors (Lipinski definition) is 1. The first-order chi connectivity index (χ1) is 17.5. The second-order valence-corrected chi connectivity index (χ2v) is 9.06. The van der Waals surface area contributed by atoms with Gasteiger partial charge in [0.05, 0.1) is 5.69 Å². The topological polar surface area (TPSA) is 94.6 Å². The number of ketones is 1. The molecule has 2 aromatic heterocycles. The first kappa shape index (κ1) is 22.1. The van der Waals surface area contributed by atoms with Gasteiger partial charge in [-0.15, -0.1) is 0 Å². The fourth-order valence-corrected chi connectivity index (χ4v) is 4.46. The number of benzene rings is 3. The van der Waals surface area contributed by atoms with Crippen molar-refractivity contribution in [2.75, 3.05) is 5.32 Å². The predicted octanol–water partition coefficient (Wildman–Crippen LogP) is 6.55. The highest BCUT2D eigenvalue weighted by Crippen LogP contribution is 2.35. The average Bonchev–Trinajstić information content (AvgIpc) is 3.60. The number of rotatable bonds is 5. The Labute approximate surface area is 210 Å². The number of amides is 1. The highest BCUT2D eigenvalue weighted by molar-refractivity contribution is 6.30. The minimum Gasteiger partial charge on any atom is -0.490 e. The smallest absolute Gasteiger partial charge is 0.277 e. The molecule has 0 fully saturated rings. The number of hydrogen-bond acceptors (Lipinski definition) is 6. The number of halogens is 1. The van der Waals surface area contributed by atoms with Crippen molar-refractivity contribution in [1.29, 1.82) is 0 Å². The second-order valence-electron chi connectivity index (χ2n) is 8.62. The lowest BCUT2D eigenvalue weighted by Crippen LogP contribution is -2.14. The zero-order valence-electron chi connectivity index (χ0n) is 19.1. The molecule has 6 rings (SSSR count). The number of furan rings is 1. The quantitative estimate of drug-likeness (QED) is 0.276. The van der Waals surface area contributed by atoms with Gasteiger partial charge in [0.2, 0.25) is 5.78 Å². The van der Waals surface area contributed by atoms with Gasteiger partial charge in [-0.1, -0.05) is 28.9 Å². The molecule has 0 spiro atoms. The van der Waals surface area contributed by atoms with Gasteiger partial charge in [0.1, 0.15) is 17.4 Å². The molecule has 3 aromatic carbocycles. The second kappa shape index (κ2) is 8.70. The Morgan fingerprint density at radius 3 is 2.67 bits per heavy atom. The summed E-state index contributed by atoms with van der Waals surface area (Å²) in [5, 5.41) is 7.87. The van der Waals surface area contributed by atoms with E-state index in [0.29, 0.717) is 27.3 Å². The third-order valence-electron chi connectivity index (χ3n) is 6.07. The molecule has 1 amide bonds. The minimum atomic E-state index is -0.528. The molecule has 3 heterocycles. The Hall–Kier alpha value is -4.36. The summed E-state index contributed by atoms with van der Waals surface area (Å²) >= 11 is 5.96. The van der Waals surface area contributed by atoms with Gasteiger partial charge in [-0.05, 0) is 67.1 Å². The molecule has 178 valence electrons. The zero-order valence-corrected chi connectivity index (χ0v) is 19.8. The van der Waals surface area contributed by atoms with E-state index in [1.54, 1.807) is 54.6 Å². The Balaban J connectivity index is 1.31. The molecule has 7 nitrogen and oxygen atoms in total. The van der Waals surface area contributed by atoms with E-state index in [-0.39, 0.29) is 29.0 Å². The van der Waals surface area contributed by atoms with E-state index < -0.39 is 5.91 Å². The van der Waals surface area contributed by atoms with Crippen molar-refractivity contribution in [3.8, 4) is 17.1 Å². The maximum atomic E-state index is 13.2. The SMILES string of the molecule is C[C@H]1Cc2cc(-c3cc(C(=O)Nc4c(C(=O)c5ccc(Cl)cc5)oc5ccccc45)no3)ccc2O1. The number of fused-ring (bicyclic) bond motifs is 2. The molecule has 1 aliphatic rings. The summed E-state index contributed by atoms with van der Waals surface area (Å²) in [5.74, 6) is 0.419. The van der Waals surface area contributed by atoms with Crippen LogP contribution in [0.4, 0.5) is 5.69 Å². The van der Waals surface area contributed by atoms with Gasteiger partial charge in [-0.3, -0.25) is 9.59 Å². The van der Waals surface area contributed by atoms with Crippen LogP contribution in [0.5, 0.6) is 5.75 Å². The summed E-state index contributed by atoms with van der Waals surface area (Å²) in [4.78, 5) is 26.4. The number of ether oxygens (including phenoxy) is 1. The summed E-state index contributed by atoms with van der Waals surface area (Å²) < 4.78 is 17.1. The molecule has 0 bridgehead atoms. The molecule has 1 aliphatic heterocycles. The molecule has 8 heteroatoms. The van der Waals surface area contributed by atoms with Crippen LogP contribution in [0, 0.1) is 0 Å². The van der Waals surface area contributed by atoms with Crippen molar-refractivity contribution in [3.05, 3.63) is 100 Å². The number of para-hydroxylation sites is 1. The number of aromatic nitrogens is 1. The minimum absolute atomic E-state index is 0.0170. The molecule has 5 aromatic rings. The summed E-state index contributed by atoms with van der Waals surface area (Å²) in [7, 11) is 0. The lowest BCUT2D eigenvalue weighted by atomic mass is 10.1. The summed E-state index contributed by atoms with van der Waals surface area (Å²) in [6.45, 7) is 2.02. The molecular weight excluding hydrogens is 480 g/mol. The molecule has 1 atom stereocenters. The van der Waals surface area contributed by atoms with E-state index in [9.17, 15) is 9.59 Å². The first-order valence-corrected chi connectivity index (χ1v) is 11.7. The summed E-state index contributed by atoms with van der Waals surface area (Å²) in [6.07, 6.45) is 0.934. The van der Waals surface area contributed by atoms with Crippen LogP contribution in [0.3, 0.4) is 0 Å². The number of anilines is 1. The Kier molecular flexibility index (Phi) is 5.34. The maximum Gasteiger partial charge on any atom is 0.277 e. The largest absolute Gasteiger partial charge is 0.490 e. The van der Waals surface area contributed by atoms with Gasteiger partial charge in [-0.25, -0.2) is 0 Å². The third-order valence-corrected chi connectivity index (χ3v) is 6.32. The monoisotopic (exact) mass is 498 g/mol.